The number of halogens is 1. The van der Waals surface area contributed by atoms with Gasteiger partial charge in [-0.2, -0.15) is 0 Å². The summed E-state index contributed by atoms with van der Waals surface area (Å²) in [6, 6.07) is 0.294. The molecule has 0 bridgehead atoms. The smallest absolute Gasteiger partial charge is 0.223 e. The third-order valence-corrected chi connectivity index (χ3v) is 5.01. The zero-order valence-electron chi connectivity index (χ0n) is 12.9. The van der Waals surface area contributed by atoms with Crippen molar-refractivity contribution in [2.24, 2.45) is 17.6 Å². The number of likely N-dealkylation sites (tertiary alicyclic amines) is 1. The van der Waals surface area contributed by atoms with E-state index in [4.69, 9.17) is 5.73 Å². The summed E-state index contributed by atoms with van der Waals surface area (Å²) in [7, 11) is 0. The van der Waals surface area contributed by atoms with E-state index < -0.39 is 0 Å². The first-order chi connectivity index (χ1) is 9.20. The predicted molar refractivity (Wildman–Crippen MR) is 86.0 cm³/mol. The van der Waals surface area contributed by atoms with Crippen molar-refractivity contribution in [3.05, 3.63) is 0 Å². The average molecular weight is 303 g/mol. The zero-order chi connectivity index (χ0) is 13.7. The van der Waals surface area contributed by atoms with E-state index in [1.165, 1.54) is 38.5 Å². The fraction of sp³-hybridized carbons (Fsp3) is 0.938. The molecule has 1 heterocycles. The van der Waals surface area contributed by atoms with Crippen molar-refractivity contribution in [3.8, 4) is 0 Å². The maximum absolute atomic E-state index is 12.5. The van der Waals surface area contributed by atoms with E-state index in [0.29, 0.717) is 24.4 Å². The number of nitrogens with two attached hydrogens (primary N) is 1. The van der Waals surface area contributed by atoms with Crippen molar-refractivity contribution in [1.82, 2.24) is 4.90 Å². The molecule has 0 radical (unpaired) electrons. The van der Waals surface area contributed by atoms with E-state index in [1.54, 1.807) is 0 Å². The van der Waals surface area contributed by atoms with Crippen molar-refractivity contribution in [2.75, 3.05) is 13.1 Å². The van der Waals surface area contributed by atoms with Gasteiger partial charge in [0, 0.05) is 25.6 Å². The quantitative estimate of drug-likeness (QED) is 0.813. The molecule has 0 aromatic carbocycles. The Bertz CT molecular complexity index is 290. The molecule has 2 fully saturated rings. The van der Waals surface area contributed by atoms with Gasteiger partial charge in [-0.1, -0.05) is 32.6 Å². The zero-order valence-corrected chi connectivity index (χ0v) is 13.7. The highest BCUT2D eigenvalue weighted by atomic mass is 35.5. The van der Waals surface area contributed by atoms with Gasteiger partial charge in [-0.25, -0.2) is 0 Å². The van der Waals surface area contributed by atoms with Gasteiger partial charge in [0.15, 0.2) is 0 Å². The van der Waals surface area contributed by atoms with Gasteiger partial charge in [0.1, 0.15) is 0 Å². The number of carbonyl (C=O) groups is 1. The first-order valence-corrected chi connectivity index (χ1v) is 8.20. The number of hydrogen-bond acceptors (Lipinski definition) is 2. The second-order valence-electron chi connectivity index (χ2n) is 6.67. The fourth-order valence-corrected chi connectivity index (χ4v) is 3.74. The first kappa shape index (κ1) is 17.8. The van der Waals surface area contributed by atoms with E-state index >= 15 is 0 Å². The summed E-state index contributed by atoms with van der Waals surface area (Å²) >= 11 is 0. The SMILES string of the molecule is CC1CCN(C(=O)CC2CCCCCC2)C(CN)C1.Cl. The van der Waals surface area contributed by atoms with Gasteiger partial charge in [-0.05, 0) is 37.5 Å². The van der Waals surface area contributed by atoms with E-state index in [9.17, 15) is 4.79 Å². The molecular weight excluding hydrogens is 272 g/mol. The third-order valence-electron chi connectivity index (χ3n) is 5.01. The minimum atomic E-state index is 0. The normalized spacial score (nSPS) is 28.6. The molecule has 3 nitrogen and oxygen atoms in total. The van der Waals surface area contributed by atoms with Crippen LogP contribution in [0.1, 0.15) is 64.7 Å². The highest BCUT2D eigenvalue weighted by Crippen LogP contribution is 2.28. The molecule has 118 valence electrons. The standard InChI is InChI=1S/C16H30N2O.ClH/c1-13-8-9-18(15(10-13)12-17)16(19)11-14-6-4-2-3-5-7-14;/h13-15H,2-12,17H2,1H3;1H. The Hall–Kier alpha value is -0.280. The lowest BCUT2D eigenvalue weighted by molar-refractivity contribution is -0.136. The maximum Gasteiger partial charge on any atom is 0.223 e. The summed E-state index contributed by atoms with van der Waals surface area (Å²) in [5, 5.41) is 0. The number of hydrogen-bond donors (Lipinski definition) is 1. The Kier molecular flexibility index (Phi) is 7.90. The van der Waals surface area contributed by atoms with Crippen LogP contribution in [0.5, 0.6) is 0 Å². The number of piperidine rings is 1. The summed E-state index contributed by atoms with van der Waals surface area (Å²) in [6.07, 6.45) is 10.9. The van der Waals surface area contributed by atoms with Crippen molar-refractivity contribution in [1.29, 1.82) is 0 Å². The highest BCUT2D eigenvalue weighted by molar-refractivity contribution is 5.85. The van der Waals surface area contributed by atoms with Crippen LogP contribution in [0, 0.1) is 11.8 Å². The monoisotopic (exact) mass is 302 g/mol. The molecule has 2 N–H and O–H groups in total. The summed E-state index contributed by atoms with van der Waals surface area (Å²) in [5.74, 6) is 1.72. The second kappa shape index (κ2) is 8.89. The molecule has 2 rings (SSSR count). The summed E-state index contributed by atoms with van der Waals surface area (Å²) in [5.41, 5.74) is 5.86. The number of rotatable bonds is 3. The van der Waals surface area contributed by atoms with Crippen LogP contribution in [0.25, 0.3) is 0 Å². The lowest BCUT2D eigenvalue weighted by Crippen LogP contribution is -2.49. The van der Waals surface area contributed by atoms with Crippen LogP contribution in [0.3, 0.4) is 0 Å². The predicted octanol–water partition coefficient (Wildman–Crippen LogP) is 3.35. The molecule has 2 unspecified atom stereocenters. The summed E-state index contributed by atoms with van der Waals surface area (Å²) < 4.78 is 0. The molecular formula is C16H31ClN2O. The molecule has 1 saturated carbocycles. The molecule has 0 aromatic rings. The van der Waals surface area contributed by atoms with Gasteiger partial charge in [-0.3, -0.25) is 4.79 Å². The largest absolute Gasteiger partial charge is 0.338 e. The fourth-order valence-electron chi connectivity index (χ4n) is 3.74. The first-order valence-electron chi connectivity index (χ1n) is 8.20. The molecule has 0 spiro atoms. The van der Waals surface area contributed by atoms with Crippen molar-refractivity contribution in [3.63, 3.8) is 0 Å². The van der Waals surface area contributed by atoms with Gasteiger partial charge in [0.05, 0.1) is 0 Å². The Labute approximate surface area is 130 Å². The average Bonchev–Trinajstić information content (AvgIpc) is 2.67. The Morgan fingerprint density at radius 2 is 1.80 bits per heavy atom. The number of nitrogens with zero attached hydrogens (tertiary/aromatic N) is 1. The van der Waals surface area contributed by atoms with Crippen LogP contribution in [-0.2, 0) is 4.79 Å². The minimum Gasteiger partial charge on any atom is -0.338 e. The number of amides is 1. The Morgan fingerprint density at radius 1 is 1.15 bits per heavy atom. The second-order valence-corrected chi connectivity index (χ2v) is 6.67. The van der Waals surface area contributed by atoms with Gasteiger partial charge in [0.2, 0.25) is 5.91 Å². The van der Waals surface area contributed by atoms with Crippen LogP contribution >= 0.6 is 12.4 Å². The molecule has 1 amide bonds. The highest BCUT2D eigenvalue weighted by Gasteiger charge is 2.30. The molecule has 20 heavy (non-hydrogen) atoms. The molecule has 2 atom stereocenters. The Morgan fingerprint density at radius 3 is 2.40 bits per heavy atom. The lowest BCUT2D eigenvalue weighted by Gasteiger charge is -2.38. The molecule has 0 aromatic heterocycles. The van der Waals surface area contributed by atoms with Crippen molar-refractivity contribution in [2.45, 2.75) is 70.8 Å². The molecule has 2 aliphatic rings. The van der Waals surface area contributed by atoms with Gasteiger partial charge >= 0.3 is 0 Å². The van der Waals surface area contributed by atoms with E-state index in [0.717, 1.165) is 31.7 Å². The summed E-state index contributed by atoms with van der Waals surface area (Å²) in [4.78, 5) is 14.6. The Balaban J connectivity index is 0.00000200. The van der Waals surface area contributed by atoms with Gasteiger partial charge < -0.3 is 10.6 Å². The number of carbonyl (C=O) groups excluding carboxylic acids is 1. The molecule has 1 saturated heterocycles. The third kappa shape index (κ3) is 4.92. The minimum absolute atomic E-state index is 0. The van der Waals surface area contributed by atoms with Crippen LogP contribution in [0.4, 0.5) is 0 Å². The van der Waals surface area contributed by atoms with E-state index in [1.807, 2.05) is 0 Å². The van der Waals surface area contributed by atoms with E-state index in [2.05, 4.69) is 11.8 Å². The topological polar surface area (TPSA) is 46.3 Å². The molecule has 1 aliphatic heterocycles. The van der Waals surface area contributed by atoms with Crippen molar-refractivity contribution >= 4 is 18.3 Å². The lowest BCUT2D eigenvalue weighted by atomic mass is 9.90. The maximum atomic E-state index is 12.5. The van der Waals surface area contributed by atoms with Crippen LogP contribution in [-0.4, -0.2) is 29.9 Å². The molecule has 4 heteroatoms. The molecule has 1 aliphatic carbocycles. The van der Waals surface area contributed by atoms with E-state index in [-0.39, 0.29) is 12.4 Å². The van der Waals surface area contributed by atoms with Crippen molar-refractivity contribution < 1.29 is 4.79 Å². The van der Waals surface area contributed by atoms with Crippen LogP contribution < -0.4 is 5.73 Å². The van der Waals surface area contributed by atoms with Crippen LogP contribution in [0.15, 0.2) is 0 Å². The van der Waals surface area contributed by atoms with Gasteiger partial charge in [-0.15, -0.1) is 12.4 Å². The van der Waals surface area contributed by atoms with Crippen LogP contribution in [0.2, 0.25) is 0 Å². The van der Waals surface area contributed by atoms with Gasteiger partial charge in [0.25, 0.3) is 0 Å². The summed E-state index contributed by atoms with van der Waals surface area (Å²) in [6.45, 7) is 3.82.